The lowest BCUT2D eigenvalue weighted by molar-refractivity contribution is 0.699. The van der Waals surface area contributed by atoms with Gasteiger partial charge in [-0.15, -0.1) is 0 Å². The van der Waals surface area contributed by atoms with Crippen molar-refractivity contribution in [1.82, 2.24) is 0 Å². The number of fused-ring (bicyclic) bond motifs is 2. The van der Waals surface area contributed by atoms with Gasteiger partial charge in [-0.2, -0.15) is 0 Å². The standard InChI is InChI=1S/C44H46/c1-27(2)35-21-19-29(5)41-37(25-35)31(7)23-39(41)43(33-15-11-9-12-16-33)44(34-17-13-10-14-18-34)40-24-32(8)38-26-36(28(3)4)22-20-30(6)42(38)40/h9-28,43-44H,1-8H3/t43-,44-/m1/s1. The van der Waals surface area contributed by atoms with Crippen LogP contribution in [0.15, 0.2) is 109 Å². The van der Waals surface area contributed by atoms with Gasteiger partial charge in [0.25, 0.3) is 0 Å². The first kappa shape index (κ1) is 29.9. The monoisotopic (exact) mass is 574 g/mol. The van der Waals surface area contributed by atoms with Crippen molar-refractivity contribution in [2.45, 2.75) is 79.1 Å². The van der Waals surface area contributed by atoms with Crippen molar-refractivity contribution in [3.8, 4) is 22.3 Å². The number of hydrogen-bond acceptors (Lipinski definition) is 0. The topological polar surface area (TPSA) is 0 Å². The molecule has 222 valence electrons. The van der Waals surface area contributed by atoms with Gasteiger partial charge in [-0.3, -0.25) is 0 Å². The Morgan fingerprint density at radius 2 is 0.727 bits per heavy atom. The van der Waals surface area contributed by atoms with Gasteiger partial charge in [-0.05, 0) is 117 Å². The van der Waals surface area contributed by atoms with Crippen LogP contribution in [-0.2, 0) is 0 Å². The van der Waals surface area contributed by atoms with E-state index in [4.69, 9.17) is 0 Å². The van der Waals surface area contributed by atoms with Crippen molar-refractivity contribution >= 4 is 0 Å². The Morgan fingerprint density at radius 3 is 1.07 bits per heavy atom. The molecule has 44 heavy (non-hydrogen) atoms. The molecule has 0 radical (unpaired) electrons. The predicted octanol–water partition coefficient (Wildman–Crippen LogP) is 12.3. The second kappa shape index (κ2) is 12.1. The van der Waals surface area contributed by atoms with Crippen LogP contribution in [0.3, 0.4) is 0 Å². The van der Waals surface area contributed by atoms with Gasteiger partial charge in [0, 0.05) is 11.8 Å². The zero-order chi connectivity index (χ0) is 31.1. The maximum absolute atomic E-state index is 2.50. The fourth-order valence-corrected chi connectivity index (χ4v) is 7.40. The average Bonchev–Trinajstić information content (AvgIpc) is 3.34. The first-order chi connectivity index (χ1) is 21.2. The van der Waals surface area contributed by atoms with E-state index in [0.29, 0.717) is 11.8 Å². The summed E-state index contributed by atoms with van der Waals surface area (Å²) in [6.45, 7) is 18.4. The summed E-state index contributed by atoms with van der Waals surface area (Å²) in [5.41, 5.74) is 19.3. The predicted molar refractivity (Wildman–Crippen MR) is 190 cm³/mol. The van der Waals surface area contributed by atoms with Gasteiger partial charge in [0.2, 0.25) is 0 Å². The van der Waals surface area contributed by atoms with Crippen molar-refractivity contribution in [3.63, 3.8) is 0 Å². The van der Waals surface area contributed by atoms with E-state index in [1.165, 1.54) is 77.9 Å². The molecule has 0 heteroatoms. The molecule has 0 saturated heterocycles. The third-order valence-corrected chi connectivity index (χ3v) is 9.83. The van der Waals surface area contributed by atoms with Crippen LogP contribution in [0.1, 0.15) is 107 Å². The van der Waals surface area contributed by atoms with Crippen LogP contribution in [0, 0.1) is 27.7 Å². The lowest BCUT2D eigenvalue weighted by Crippen LogP contribution is -2.15. The van der Waals surface area contributed by atoms with Gasteiger partial charge in [0.15, 0.2) is 0 Å². The number of benzene rings is 2. The molecule has 0 aromatic heterocycles. The van der Waals surface area contributed by atoms with E-state index in [-0.39, 0.29) is 11.8 Å². The zero-order valence-corrected chi connectivity index (χ0v) is 27.7. The highest BCUT2D eigenvalue weighted by Crippen LogP contribution is 2.52. The molecular weight excluding hydrogens is 528 g/mol. The van der Waals surface area contributed by atoms with E-state index >= 15 is 0 Å². The molecule has 4 aliphatic carbocycles. The lowest BCUT2D eigenvalue weighted by atomic mass is 9.72. The first-order valence-corrected chi connectivity index (χ1v) is 16.3. The summed E-state index contributed by atoms with van der Waals surface area (Å²) in [6.07, 6.45) is 0. The summed E-state index contributed by atoms with van der Waals surface area (Å²) >= 11 is 0. The molecule has 0 unspecified atom stereocenters. The Kier molecular flexibility index (Phi) is 8.21. The molecular formula is C44H46. The quantitative estimate of drug-likeness (QED) is 0.178. The van der Waals surface area contributed by atoms with E-state index in [0.717, 1.165) is 0 Å². The first-order valence-electron chi connectivity index (χ1n) is 16.3. The minimum absolute atomic E-state index is 0.137. The highest BCUT2D eigenvalue weighted by Gasteiger charge is 2.35. The second-order valence-electron chi connectivity index (χ2n) is 13.6. The Morgan fingerprint density at radius 1 is 0.364 bits per heavy atom. The molecule has 0 spiro atoms. The molecule has 0 fully saturated rings. The maximum atomic E-state index is 2.50. The SMILES string of the molecule is Cc1cc([C@@H](c2ccccc2)[C@H](c2ccccc2)c2cc(C)c3cc(C(C)C)ccc(C)c2-3)c2c(C)ccc(C(C)C)cc1-2. The molecule has 2 aromatic rings. The van der Waals surface area contributed by atoms with E-state index in [1.807, 2.05) is 0 Å². The molecule has 0 aliphatic heterocycles. The smallest absolute Gasteiger partial charge is 0.0205 e. The molecule has 6 rings (SSSR count). The fraction of sp³-hybridized carbons (Fsp3) is 0.273. The summed E-state index contributed by atoms with van der Waals surface area (Å²) in [6, 6.07) is 41.7. The van der Waals surface area contributed by atoms with E-state index in [9.17, 15) is 0 Å². The van der Waals surface area contributed by atoms with Gasteiger partial charge in [0.1, 0.15) is 0 Å². The molecule has 0 nitrogen and oxygen atoms in total. The summed E-state index contributed by atoms with van der Waals surface area (Å²) in [4.78, 5) is 0. The van der Waals surface area contributed by atoms with Gasteiger partial charge in [-0.25, -0.2) is 0 Å². The van der Waals surface area contributed by atoms with Crippen molar-refractivity contribution in [2.75, 3.05) is 0 Å². The van der Waals surface area contributed by atoms with Crippen LogP contribution >= 0.6 is 0 Å². The van der Waals surface area contributed by atoms with E-state index in [2.05, 4.69) is 165 Å². The highest BCUT2D eigenvalue weighted by molar-refractivity contribution is 5.82. The number of rotatable bonds is 7. The largest absolute Gasteiger partial charge is 0.0622 e. The normalized spacial score (nSPS) is 13.2. The van der Waals surface area contributed by atoms with E-state index < -0.39 is 0 Å². The third-order valence-electron chi connectivity index (χ3n) is 9.83. The zero-order valence-electron chi connectivity index (χ0n) is 27.7. The van der Waals surface area contributed by atoms with Gasteiger partial charge >= 0.3 is 0 Å². The Bertz CT molecular complexity index is 1700. The fourth-order valence-electron chi connectivity index (χ4n) is 7.40. The maximum Gasteiger partial charge on any atom is 0.0205 e. The van der Waals surface area contributed by atoms with Crippen LogP contribution in [0.25, 0.3) is 22.3 Å². The molecule has 4 aliphatic rings. The molecule has 0 bridgehead atoms. The van der Waals surface area contributed by atoms with Crippen LogP contribution in [0.4, 0.5) is 0 Å². The van der Waals surface area contributed by atoms with Crippen molar-refractivity contribution in [3.05, 3.63) is 165 Å². The van der Waals surface area contributed by atoms with E-state index in [1.54, 1.807) is 0 Å². The number of hydrogen-bond donors (Lipinski definition) is 0. The van der Waals surface area contributed by atoms with Gasteiger partial charge < -0.3 is 0 Å². The molecule has 0 heterocycles. The van der Waals surface area contributed by atoms with Crippen LogP contribution in [-0.4, -0.2) is 0 Å². The van der Waals surface area contributed by atoms with Gasteiger partial charge in [0.05, 0.1) is 0 Å². The summed E-state index contributed by atoms with van der Waals surface area (Å²) in [5, 5.41) is 0. The minimum atomic E-state index is 0.137. The highest BCUT2D eigenvalue weighted by atomic mass is 14.4. The average molecular weight is 575 g/mol. The second-order valence-corrected chi connectivity index (χ2v) is 13.6. The number of aryl methyl sites for hydroxylation is 4. The Labute approximate surface area is 265 Å². The van der Waals surface area contributed by atoms with Crippen molar-refractivity contribution in [2.24, 2.45) is 0 Å². The summed E-state index contributed by atoms with van der Waals surface area (Å²) < 4.78 is 0. The summed E-state index contributed by atoms with van der Waals surface area (Å²) in [7, 11) is 0. The molecule has 0 amide bonds. The Hall–Kier alpha value is -4.16. The summed E-state index contributed by atoms with van der Waals surface area (Å²) in [5.74, 6) is 1.22. The molecule has 2 atom stereocenters. The molecule has 2 aromatic carbocycles. The van der Waals surface area contributed by atoms with Crippen LogP contribution in [0.5, 0.6) is 0 Å². The lowest BCUT2D eigenvalue weighted by Gasteiger charge is -2.30. The Balaban J connectivity index is 1.69. The van der Waals surface area contributed by atoms with Crippen LogP contribution in [0.2, 0.25) is 0 Å². The van der Waals surface area contributed by atoms with Crippen molar-refractivity contribution < 1.29 is 0 Å². The van der Waals surface area contributed by atoms with Crippen LogP contribution < -0.4 is 0 Å². The molecule has 0 N–H and O–H groups in total. The van der Waals surface area contributed by atoms with Crippen molar-refractivity contribution in [1.29, 1.82) is 0 Å². The molecule has 0 saturated carbocycles. The third kappa shape index (κ3) is 5.36. The van der Waals surface area contributed by atoms with Gasteiger partial charge in [-0.1, -0.05) is 137 Å². The minimum Gasteiger partial charge on any atom is -0.0622 e.